The predicted octanol–water partition coefficient (Wildman–Crippen LogP) is 4.08. The van der Waals surface area contributed by atoms with Gasteiger partial charge in [-0.15, -0.1) is 0 Å². The molecule has 1 aliphatic rings. The molecule has 0 spiro atoms. The van der Waals surface area contributed by atoms with Crippen LogP contribution in [0.2, 0.25) is 5.02 Å². The van der Waals surface area contributed by atoms with Gasteiger partial charge in [0.15, 0.2) is 0 Å². The van der Waals surface area contributed by atoms with Crippen molar-refractivity contribution in [2.24, 2.45) is 0 Å². The molecule has 0 radical (unpaired) electrons. The molecular formula is C21H19ClN4O2. The highest BCUT2D eigenvalue weighted by Crippen LogP contribution is 2.25. The summed E-state index contributed by atoms with van der Waals surface area (Å²) < 4.78 is 0. The third kappa shape index (κ3) is 3.64. The maximum Gasteiger partial charge on any atom is 0.325 e. The highest BCUT2D eigenvalue weighted by Gasteiger charge is 2.31. The zero-order chi connectivity index (χ0) is 19.7. The van der Waals surface area contributed by atoms with Crippen molar-refractivity contribution in [1.82, 2.24) is 9.88 Å². The number of hydrogen-bond donors (Lipinski definition) is 1. The molecule has 0 saturated carbocycles. The number of pyridine rings is 1. The molecule has 4 rings (SSSR count). The summed E-state index contributed by atoms with van der Waals surface area (Å²) in [5.74, 6) is -0.239. The number of nitrogens with zero attached hydrogens (tertiary/aromatic N) is 3. The lowest BCUT2D eigenvalue weighted by molar-refractivity contribution is -0.116. The average molecular weight is 395 g/mol. The molecular weight excluding hydrogens is 376 g/mol. The summed E-state index contributed by atoms with van der Waals surface area (Å²) >= 11 is 6.02. The minimum atomic E-state index is -0.239. The van der Waals surface area contributed by atoms with Crippen LogP contribution in [0.3, 0.4) is 0 Å². The van der Waals surface area contributed by atoms with E-state index in [4.69, 9.17) is 11.6 Å². The fourth-order valence-corrected chi connectivity index (χ4v) is 3.57. The van der Waals surface area contributed by atoms with Crippen molar-refractivity contribution in [3.63, 3.8) is 0 Å². The summed E-state index contributed by atoms with van der Waals surface area (Å²) in [6.45, 7) is 2.87. The number of carbonyl (C=O) groups is 2. The molecule has 2 heterocycles. The smallest absolute Gasteiger partial charge is 0.324 e. The molecule has 0 aliphatic carbocycles. The summed E-state index contributed by atoms with van der Waals surface area (Å²) in [6, 6.07) is 16.4. The lowest BCUT2D eigenvalue weighted by Crippen LogP contribution is -2.37. The lowest BCUT2D eigenvalue weighted by atomic mass is 10.1. The number of fused-ring (bicyclic) bond motifs is 1. The van der Waals surface area contributed by atoms with Gasteiger partial charge in [0.2, 0.25) is 5.91 Å². The first kappa shape index (κ1) is 18.3. The quantitative estimate of drug-likeness (QED) is 0.725. The van der Waals surface area contributed by atoms with Gasteiger partial charge < -0.3 is 10.2 Å². The molecule has 1 aromatic heterocycles. The van der Waals surface area contributed by atoms with Gasteiger partial charge in [0, 0.05) is 34.9 Å². The van der Waals surface area contributed by atoms with Crippen molar-refractivity contribution in [3.05, 3.63) is 65.3 Å². The Morgan fingerprint density at radius 2 is 1.96 bits per heavy atom. The van der Waals surface area contributed by atoms with E-state index in [0.717, 1.165) is 22.3 Å². The second kappa shape index (κ2) is 7.48. The third-order valence-corrected chi connectivity index (χ3v) is 4.90. The van der Waals surface area contributed by atoms with Crippen LogP contribution in [0.4, 0.5) is 16.2 Å². The number of urea groups is 1. The van der Waals surface area contributed by atoms with Gasteiger partial charge in [-0.25, -0.2) is 4.79 Å². The molecule has 6 nitrogen and oxygen atoms in total. The first-order valence-corrected chi connectivity index (χ1v) is 9.37. The van der Waals surface area contributed by atoms with Gasteiger partial charge in [-0.05, 0) is 37.3 Å². The molecule has 0 bridgehead atoms. The number of rotatable bonds is 4. The Hall–Kier alpha value is -3.12. The van der Waals surface area contributed by atoms with Gasteiger partial charge >= 0.3 is 6.03 Å². The number of benzene rings is 2. The van der Waals surface area contributed by atoms with E-state index in [0.29, 0.717) is 23.8 Å². The van der Waals surface area contributed by atoms with Crippen molar-refractivity contribution >= 4 is 45.8 Å². The lowest BCUT2D eigenvalue weighted by Gasteiger charge is -2.19. The van der Waals surface area contributed by atoms with Crippen molar-refractivity contribution in [1.29, 1.82) is 0 Å². The van der Waals surface area contributed by atoms with Crippen LogP contribution in [0, 0.1) is 6.92 Å². The zero-order valence-electron chi connectivity index (χ0n) is 15.4. The van der Waals surface area contributed by atoms with Gasteiger partial charge in [-0.3, -0.25) is 14.7 Å². The molecule has 7 heteroatoms. The predicted molar refractivity (Wildman–Crippen MR) is 111 cm³/mol. The van der Waals surface area contributed by atoms with E-state index in [1.165, 1.54) is 4.90 Å². The van der Waals surface area contributed by atoms with Crippen LogP contribution in [0.25, 0.3) is 10.9 Å². The van der Waals surface area contributed by atoms with Gasteiger partial charge in [0.05, 0.1) is 11.2 Å². The van der Waals surface area contributed by atoms with Gasteiger partial charge in [0.25, 0.3) is 0 Å². The molecule has 3 aromatic rings. The molecule has 2 aromatic carbocycles. The maximum atomic E-state index is 12.7. The molecule has 1 aliphatic heterocycles. The number of hydrogen-bond acceptors (Lipinski definition) is 3. The van der Waals surface area contributed by atoms with Crippen LogP contribution in [-0.2, 0) is 4.79 Å². The SMILES string of the molecule is Cc1cc(NC(=O)CN2CCN(c3cccc(Cl)c3)C2=O)c2ccccc2n1. The van der Waals surface area contributed by atoms with Crippen LogP contribution in [0.5, 0.6) is 0 Å². The van der Waals surface area contributed by atoms with E-state index >= 15 is 0 Å². The zero-order valence-corrected chi connectivity index (χ0v) is 16.1. The summed E-state index contributed by atoms with van der Waals surface area (Å²) in [4.78, 5) is 32.9. The van der Waals surface area contributed by atoms with E-state index in [2.05, 4.69) is 10.3 Å². The highest BCUT2D eigenvalue weighted by molar-refractivity contribution is 6.30. The van der Waals surface area contributed by atoms with Crippen LogP contribution < -0.4 is 10.2 Å². The summed E-state index contributed by atoms with van der Waals surface area (Å²) in [5, 5.41) is 4.37. The second-order valence-electron chi connectivity index (χ2n) is 6.71. The number of amides is 3. The summed E-state index contributed by atoms with van der Waals surface area (Å²) in [5.41, 5.74) is 3.07. The van der Waals surface area contributed by atoms with Gasteiger partial charge in [0.1, 0.15) is 6.54 Å². The standard InChI is InChI=1S/C21H19ClN4O2/c1-14-11-19(17-7-2-3-8-18(17)23-14)24-20(27)13-25-9-10-26(21(25)28)16-6-4-5-15(22)12-16/h2-8,11-12H,9-10,13H2,1H3,(H,23,24,27). The fraction of sp³-hybridized carbons (Fsp3) is 0.190. The van der Waals surface area contributed by atoms with Gasteiger partial charge in [-0.2, -0.15) is 0 Å². The normalized spacial score (nSPS) is 14.0. The molecule has 28 heavy (non-hydrogen) atoms. The second-order valence-corrected chi connectivity index (χ2v) is 7.15. The largest absolute Gasteiger partial charge is 0.325 e. The van der Waals surface area contributed by atoms with Crippen LogP contribution in [-0.4, -0.2) is 41.5 Å². The minimum absolute atomic E-state index is 0.00834. The van der Waals surface area contributed by atoms with E-state index in [1.54, 1.807) is 23.1 Å². The Bertz CT molecular complexity index is 1070. The Morgan fingerprint density at radius 1 is 1.14 bits per heavy atom. The molecule has 1 N–H and O–H groups in total. The molecule has 1 saturated heterocycles. The number of anilines is 2. The van der Waals surface area contributed by atoms with Gasteiger partial charge in [-0.1, -0.05) is 35.9 Å². The van der Waals surface area contributed by atoms with E-state index in [9.17, 15) is 9.59 Å². The molecule has 3 amide bonds. The average Bonchev–Trinajstić information content (AvgIpc) is 3.02. The summed E-state index contributed by atoms with van der Waals surface area (Å²) in [7, 11) is 0. The topological polar surface area (TPSA) is 65.5 Å². The van der Waals surface area contributed by atoms with Crippen LogP contribution in [0.1, 0.15) is 5.69 Å². The monoisotopic (exact) mass is 394 g/mol. The van der Waals surface area contributed by atoms with Crippen molar-refractivity contribution in [3.8, 4) is 0 Å². The van der Waals surface area contributed by atoms with Crippen LogP contribution in [0.15, 0.2) is 54.6 Å². The van der Waals surface area contributed by atoms with E-state index in [-0.39, 0.29) is 18.5 Å². The number of para-hydroxylation sites is 1. The maximum absolute atomic E-state index is 12.7. The number of halogens is 1. The minimum Gasteiger partial charge on any atom is -0.324 e. The third-order valence-electron chi connectivity index (χ3n) is 4.67. The molecule has 142 valence electrons. The summed E-state index contributed by atoms with van der Waals surface area (Å²) in [6.07, 6.45) is 0. The van der Waals surface area contributed by atoms with Crippen molar-refractivity contribution in [2.75, 3.05) is 29.9 Å². The number of nitrogens with one attached hydrogen (secondary N) is 1. The van der Waals surface area contributed by atoms with E-state index in [1.807, 2.05) is 43.3 Å². The Kier molecular flexibility index (Phi) is 4.88. The Labute approximate surface area is 167 Å². The van der Waals surface area contributed by atoms with Crippen molar-refractivity contribution in [2.45, 2.75) is 6.92 Å². The first-order valence-electron chi connectivity index (χ1n) is 8.99. The molecule has 0 atom stereocenters. The van der Waals surface area contributed by atoms with Crippen molar-refractivity contribution < 1.29 is 9.59 Å². The number of aryl methyl sites for hydroxylation is 1. The Morgan fingerprint density at radius 3 is 2.79 bits per heavy atom. The first-order chi connectivity index (χ1) is 13.5. The number of aromatic nitrogens is 1. The van der Waals surface area contributed by atoms with Crippen LogP contribution >= 0.6 is 11.6 Å². The Balaban J connectivity index is 1.47. The fourth-order valence-electron chi connectivity index (χ4n) is 3.39. The van der Waals surface area contributed by atoms with E-state index < -0.39 is 0 Å². The number of carbonyl (C=O) groups excluding carboxylic acids is 2. The molecule has 1 fully saturated rings. The highest BCUT2D eigenvalue weighted by atomic mass is 35.5. The molecule has 0 unspecified atom stereocenters.